The number of fused-ring (bicyclic) bond motifs is 5. The second-order valence-electron chi connectivity index (χ2n) is 10.4. The van der Waals surface area contributed by atoms with Gasteiger partial charge in [0.1, 0.15) is 11.4 Å². The minimum Gasteiger partial charge on any atom is -0.382 e. The van der Waals surface area contributed by atoms with Gasteiger partial charge in [0.2, 0.25) is 0 Å². The summed E-state index contributed by atoms with van der Waals surface area (Å²) < 4.78 is 0. The lowest BCUT2D eigenvalue weighted by atomic mass is 9.71. The topological polar surface area (TPSA) is 64.9 Å². The lowest BCUT2D eigenvalue weighted by molar-refractivity contribution is -0.138. The molecule has 0 spiro atoms. The van der Waals surface area contributed by atoms with Crippen molar-refractivity contribution in [1.82, 2.24) is 5.32 Å². The Morgan fingerprint density at radius 2 is 1.53 bits per heavy atom. The summed E-state index contributed by atoms with van der Waals surface area (Å²) in [5.41, 5.74) is 0.836. The lowest BCUT2D eigenvalue weighted by Gasteiger charge is -2.49. The number of nitrogens with zero attached hydrogens (tertiary/aromatic N) is 2. The highest BCUT2D eigenvalue weighted by atomic mass is 16.3. The summed E-state index contributed by atoms with van der Waals surface area (Å²) in [5, 5.41) is 15.4. The third kappa shape index (κ3) is 3.26. The van der Waals surface area contributed by atoms with Crippen molar-refractivity contribution in [2.24, 2.45) is 4.99 Å². The standard InChI is InChI=1S/C29H31N3O2/c1-27(2,3)31-26(33)29-21-14-8-10-16-23(21)30-25(19-18-20-12-6-5-7-13-20)32(29)24-17-11-9-15-22(24)28(29,4)34/h5-17,34H,18-19H2,1-4H3,(H,31,33). The number of aryl methyl sites for hydroxylation is 1. The molecule has 3 aromatic carbocycles. The van der Waals surface area contributed by atoms with E-state index in [2.05, 4.69) is 17.4 Å². The van der Waals surface area contributed by atoms with Crippen LogP contribution in [-0.2, 0) is 22.4 Å². The van der Waals surface area contributed by atoms with E-state index in [1.807, 2.05) is 92.4 Å². The molecular weight excluding hydrogens is 422 g/mol. The van der Waals surface area contributed by atoms with E-state index in [1.54, 1.807) is 6.92 Å². The molecule has 2 unspecified atom stereocenters. The minimum atomic E-state index is -1.48. The molecule has 2 N–H and O–H groups in total. The molecule has 174 valence electrons. The highest BCUT2D eigenvalue weighted by Gasteiger charge is 2.67. The van der Waals surface area contributed by atoms with Crippen LogP contribution in [-0.4, -0.2) is 22.4 Å². The van der Waals surface area contributed by atoms with E-state index in [4.69, 9.17) is 4.99 Å². The molecule has 0 radical (unpaired) electrons. The van der Waals surface area contributed by atoms with Crippen LogP contribution < -0.4 is 10.2 Å². The zero-order valence-corrected chi connectivity index (χ0v) is 20.2. The lowest BCUT2D eigenvalue weighted by Crippen LogP contribution is -2.67. The second kappa shape index (κ2) is 7.81. The van der Waals surface area contributed by atoms with E-state index in [0.29, 0.717) is 12.0 Å². The highest BCUT2D eigenvalue weighted by Crippen LogP contribution is 2.59. The normalized spacial score (nSPS) is 23.0. The Morgan fingerprint density at radius 1 is 0.912 bits per heavy atom. The number of hydrogen-bond acceptors (Lipinski definition) is 4. The second-order valence-corrected chi connectivity index (χ2v) is 10.4. The Kier molecular flexibility index (Phi) is 5.14. The number of nitrogens with one attached hydrogen (secondary N) is 1. The van der Waals surface area contributed by atoms with Gasteiger partial charge in [0, 0.05) is 28.8 Å². The summed E-state index contributed by atoms with van der Waals surface area (Å²) in [6.07, 6.45) is 1.41. The predicted molar refractivity (Wildman–Crippen MR) is 136 cm³/mol. The summed E-state index contributed by atoms with van der Waals surface area (Å²) in [6.45, 7) is 7.64. The molecule has 5 nitrogen and oxygen atoms in total. The fourth-order valence-corrected chi connectivity index (χ4v) is 5.40. The molecule has 0 bridgehead atoms. The van der Waals surface area contributed by atoms with Crippen LogP contribution in [0.3, 0.4) is 0 Å². The van der Waals surface area contributed by atoms with Crippen molar-refractivity contribution in [3.63, 3.8) is 0 Å². The Hall–Kier alpha value is -3.44. The number of rotatable bonds is 4. The van der Waals surface area contributed by atoms with Crippen molar-refractivity contribution < 1.29 is 9.90 Å². The van der Waals surface area contributed by atoms with Crippen molar-refractivity contribution in [3.05, 3.63) is 95.6 Å². The van der Waals surface area contributed by atoms with Gasteiger partial charge in [0.05, 0.1) is 5.69 Å². The van der Waals surface area contributed by atoms with Gasteiger partial charge in [-0.15, -0.1) is 0 Å². The van der Waals surface area contributed by atoms with Crippen molar-refractivity contribution >= 4 is 23.1 Å². The number of carbonyl (C=O) groups excluding carboxylic acids is 1. The predicted octanol–water partition coefficient (Wildman–Crippen LogP) is 5.20. The first-order valence-electron chi connectivity index (χ1n) is 11.8. The van der Waals surface area contributed by atoms with Crippen molar-refractivity contribution in [2.45, 2.75) is 57.2 Å². The van der Waals surface area contributed by atoms with Gasteiger partial charge in [-0.25, -0.2) is 4.99 Å². The van der Waals surface area contributed by atoms with Crippen molar-refractivity contribution in [3.8, 4) is 0 Å². The minimum absolute atomic E-state index is 0.235. The van der Waals surface area contributed by atoms with Crippen LogP contribution in [0, 0.1) is 0 Å². The van der Waals surface area contributed by atoms with Gasteiger partial charge in [-0.3, -0.25) is 4.79 Å². The van der Waals surface area contributed by atoms with Crippen LogP contribution in [0.5, 0.6) is 0 Å². The number of aliphatic hydroxyl groups is 1. The molecule has 34 heavy (non-hydrogen) atoms. The molecule has 0 fully saturated rings. The zero-order chi connectivity index (χ0) is 24.1. The molecule has 5 heteroatoms. The number of para-hydroxylation sites is 2. The molecule has 2 aliphatic heterocycles. The molecule has 3 aromatic rings. The Balaban J connectivity index is 1.74. The van der Waals surface area contributed by atoms with Gasteiger partial charge in [-0.05, 0) is 51.8 Å². The first-order valence-corrected chi connectivity index (χ1v) is 11.8. The van der Waals surface area contributed by atoms with Gasteiger partial charge in [0.15, 0.2) is 5.54 Å². The maximum absolute atomic E-state index is 14.3. The van der Waals surface area contributed by atoms with Gasteiger partial charge in [0.25, 0.3) is 5.91 Å². The molecular formula is C29H31N3O2. The van der Waals surface area contributed by atoms with E-state index in [-0.39, 0.29) is 5.91 Å². The smallest absolute Gasteiger partial charge is 0.254 e. The van der Waals surface area contributed by atoms with Gasteiger partial charge in [-0.1, -0.05) is 66.7 Å². The molecule has 0 aliphatic carbocycles. The van der Waals surface area contributed by atoms with E-state index >= 15 is 0 Å². The fourth-order valence-electron chi connectivity index (χ4n) is 5.40. The number of benzene rings is 3. The van der Waals surface area contributed by atoms with Crippen LogP contribution in [0.15, 0.2) is 83.9 Å². The average molecular weight is 454 g/mol. The molecule has 2 atom stereocenters. The van der Waals surface area contributed by atoms with Crippen LogP contribution in [0.1, 0.15) is 50.8 Å². The molecule has 0 saturated heterocycles. The Labute approximate surface area is 201 Å². The number of amides is 1. The van der Waals surface area contributed by atoms with Crippen LogP contribution >= 0.6 is 0 Å². The van der Waals surface area contributed by atoms with Crippen LogP contribution in [0.2, 0.25) is 0 Å². The third-order valence-electron chi connectivity index (χ3n) is 6.81. The summed E-state index contributed by atoms with van der Waals surface area (Å²) in [5.74, 6) is 0.539. The van der Waals surface area contributed by atoms with E-state index < -0.39 is 16.7 Å². The average Bonchev–Trinajstić information content (AvgIpc) is 3.02. The number of amidine groups is 1. The highest BCUT2D eigenvalue weighted by molar-refractivity contribution is 6.13. The maximum atomic E-state index is 14.3. The summed E-state index contributed by atoms with van der Waals surface area (Å²) in [7, 11) is 0. The largest absolute Gasteiger partial charge is 0.382 e. The third-order valence-corrected chi connectivity index (χ3v) is 6.81. The molecule has 0 saturated carbocycles. The number of anilines is 1. The van der Waals surface area contributed by atoms with E-state index in [0.717, 1.165) is 29.2 Å². The monoisotopic (exact) mass is 453 g/mol. The van der Waals surface area contributed by atoms with Crippen molar-refractivity contribution in [1.29, 1.82) is 0 Å². The van der Waals surface area contributed by atoms with Crippen LogP contribution in [0.4, 0.5) is 11.4 Å². The number of carbonyl (C=O) groups is 1. The van der Waals surface area contributed by atoms with Crippen LogP contribution in [0.25, 0.3) is 0 Å². The first kappa shape index (κ1) is 22.4. The number of hydrogen-bond donors (Lipinski definition) is 2. The molecule has 2 heterocycles. The molecule has 1 amide bonds. The fraction of sp³-hybridized carbons (Fsp3) is 0.310. The van der Waals surface area contributed by atoms with Crippen molar-refractivity contribution in [2.75, 3.05) is 4.90 Å². The Morgan fingerprint density at radius 3 is 2.24 bits per heavy atom. The molecule has 2 aliphatic rings. The Bertz CT molecular complexity index is 1270. The van der Waals surface area contributed by atoms with Gasteiger partial charge >= 0.3 is 0 Å². The van der Waals surface area contributed by atoms with Gasteiger partial charge < -0.3 is 15.3 Å². The molecule has 5 rings (SSSR count). The maximum Gasteiger partial charge on any atom is 0.254 e. The number of aliphatic imine (C=N–C) groups is 1. The quantitative estimate of drug-likeness (QED) is 0.571. The van der Waals surface area contributed by atoms with Gasteiger partial charge in [-0.2, -0.15) is 0 Å². The summed E-state index contributed by atoms with van der Waals surface area (Å²) in [4.78, 5) is 21.4. The van der Waals surface area contributed by atoms with E-state index in [9.17, 15) is 9.90 Å². The zero-order valence-electron chi connectivity index (χ0n) is 20.2. The molecule has 0 aromatic heterocycles. The first-order chi connectivity index (χ1) is 16.2. The van der Waals surface area contributed by atoms with E-state index in [1.165, 1.54) is 5.56 Å². The summed E-state index contributed by atoms with van der Waals surface area (Å²) >= 11 is 0. The SMILES string of the molecule is CC(C)(C)NC(=O)C12c3ccccc3N=C(CCc3ccccc3)N1c1ccccc1C2(C)O. The summed E-state index contributed by atoms with van der Waals surface area (Å²) in [6, 6.07) is 25.7.